The molecule has 0 saturated carbocycles. The summed E-state index contributed by atoms with van der Waals surface area (Å²) in [5, 5.41) is 3.85. The Kier molecular flexibility index (Phi) is 4.90. The summed E-state index contributed by atoms with van der Waals surface area (Å²) >= 11 is 18.4. The Bertz CT molecular complexity index is 647. The second kappa shape index (κ2) is 6.27. The predicted octanol–water partition coefficient (Wildman–Crippen LogP) is 5.77. The molecule has 0 bridgehead atoms. The van der Waals surface area contributed by atoms with E-state index in [9.17, 15) is 4.79 Å². The van der Waals surface area contributed by atoms with Crippen molar-refractivity contribution < 1.29 is 4.79 Å². The molecule has 1 N–H and O–H groups in total. The number of amides is 1. The van der Waals surface area contributed by atoms with Crippen molar-refractivity contribution in [2.75, 3.05) is 5.32 Å². The number of halogens is 4. The minimum atomic E-state index is -0.233. The van der Waals surface area contributed by atoms with Crippen LogP contribution < -0.4 is 5.32 Å². The maximum absolute atomic E-state index is 12.0. The maximum Gasteiger partial charge on any atom is 0.255 e. The molecule has 0 aliphatic heterocycles. The van der Waals surface area contributed by atoms with Gasteiger partial charge in [-0.25, -0.2) is 0 Å². The molecule has 0 unspecified atom stereocenters. The molecular weight excluding hydrogens is 417 g/mol. The highest BCUT2D eigenvalue weighted by Crippen LogP contribution is 2.27. The monoisotopic (exact) mass is 421 g/mol. The molecule has 2 aromatic carbocycles. The van der Waals surface area contributed by atoms with Crippen molar-refractivity contribution in [2.24, 2.45) is 0 Å². The van der Waals surface area contributed by atoms with Crippen LogP contribution in [0, 0.1) is 0 Å². The molecule has 98 valence electrons. The second-order valence-corrected chi connectivity index (χ2v) is 6.23. The van der Waals surface area contributed by atoms with E-state index < -0.39 is 0 Å². The lowest BCUT2D eigenvalue weighted by atomic mass is 10.2. The fraction of sp³-hybridized carbons (Fsp3) is 0. The van der Waals surface area contributed by atoms with Crippen LogP contribution in [0.4, 0.5) is 5.69 Å². The Morgan fingerprint density at radius 3 is 2.32 bits per heavy atom. The summed E-state index contributed by atoms with van der Waals surface area (Å²) in [4.78, 5) is 12.0. The molecule has 0 aliphatic rings. The highest BCUT2D eigenvalue weighted by atomic mass is 79.9. The smallest absolute Gasteiger partial charge is 0.255 e. The molecule has 0 spiro atoms. The Balaban J connectivity index is 2.20. The van der Waals surface area contributed by atoms with Crippen LogP contribution in [-0.4, -0.2) is 5.91 Å². The van der Waals surface area contributed by atoms with E-state index in [1.54, 1.807) is 36.4 Å². The first kappa shape index (κ1) is 14.9. The molecule has 19 heavy (non-hydrogen) atoms. The zero-order chi connectivity index (χ0) is 14.0. The minimum Gasteiger partial charge on any atom is -0.322 e. The number of rotatable bonds is 2. The zero-order valence-electron chi connectivity index (χ0n) is 9.38. The van der Waals surface area contributed by atoms with E-state index in [-0.39, 0.29) is 5.91 Å². The molecule has 2 nitrogen and oxygen atoms in total. The Hall–Kier alpha value is -0.550. The van der Waals surface area contributed by atoms with Crippen LogP contribution in [0.25, 0.3) is 0 Å². The van der Waals surface area contributed by atoms with Gasteiger partial charge in [0.1, 0.15) is 0 Å². The van der Waals surface area contributed by atoms with Crippen molar-refractivity contribution in [2.45, 2.75) is 0 Å². The lowest BCUT2D eigenvalue weighted by Gasteiger charge is -2.07. The van der Waals surface area contributed by atoms with Crippen LogP contribution in [0.3, 0.4) is 0 Å². The average Bonchev–Trinajstić information content (AvgIpc) is 2.37. The third-order valence-corrected chi connectivity index (χ3v) is 4.81. The summed E-state index contributed by atoms with van der Waals surface area (Å²) in [6, 6.07) is 10.2. The van der Waals surface area contributed by atoms with Crippen molar-refractivity contribution in [3.63, 3.8) is 0 Å². The molecule has 6 heteroatoms. The summed E-state index contributed by atoms with van der Waals surface area (Å²) in [6.45, 7) is 0. The number of nitrogens with one attached hydrogen (secondary N) is 1. The van der Waals surface area contributed by atoms with Crippen LogP contribution in [0.1, 0.15) is 10.4 Å². The van der Waals surface area contributed by atoms with E-state index in [0.29, 0.717) is 21.3 Å². The molecule has 0 atom stereocenters. The summed E-state index contributed by atoms with van der Waals surface area (Å²) in [7, 11) is 0. The van der Waals surface area contributed by atoms with E-state index in [4.69, 9.17) is 23.2 Å². The highest BCUT2D eigenvalue weighted by Gasteiger charge is 2.09. The van der Waals surface area contributed by atoms with Gasteiger partial charge in [0.15, 0.2) is 0 Å². The SMILES string of the molecule is O=C(Nc1ccc(Cl)c(Br)c1)c1ccc(Br)c(Cl)c1. The summed E-state index contributed by atoms with van der Waals surface area (Å²) in [5.41, 5.74) is 1.14. The van der Waals surface area contributed by atoms with Crippen LogP contribution in [-0.2, 0) is 0 Å². The van der Waals surface area contributed by atoms with E-state index in [0.717, 1.165) is 8.95 Å². The predicted molar refractivity (Wildman–Crippen MR) is 86.3 cm³/mol. The van der Waals surface area contributed by atoms with Gasteiger partial charge in [-0.2, -0.15) is 0 Å². The number of anilines is 1. The van der Waals surface area contributed by atoms with Gasteiger partial charge in [0.2, 0.25) is 0 Å². The number of benzene rings is 2. The van der Waals surface area contributed by atoms with Crippen LogP contribution in [0.5, 0.6) is 0 Å². The van der Waals surface area contributed by atoms with Gasteiger partial charge in [0.25, 0.3) is 5.91 Å². The van der Waals surface area contributed by atoms with Crippen molar-refractivity contribution in [3.8, 4) is 0 Å². The lowest BCUT2D eigenvalue weighted by molar-refractivity contribution is 0.102. The number of hydrogen-bond acceptors (Lipinski definition) is 1. The maximum atomic E-state index is 12.0. The van der Waals surface area contributed by atoms with E-state index in [2.05, 4.69) is 37.2 Å². The molecule has 0 fully saturated rings. The van der Waals surface area contributed by atoms with E-state index in [1.807, 2.05) is 0 Å². The fourth-order valence-corrected chi connectivity index (χ4v) is 2.34. The van der Waals surface area contributed by atoms with Gasteiger partial charge in [-0.05, 0) is 68.3 Å². The van der Waals surface area contributed by atoms with Crippen LogP contribution >= 0.6 is 55.1 Å². The molecule has 0 aromatic heterocycles. The zero-order valence-corrected chi connectivity index (χ0v) is 14.1. The van der Waals surface area contributed by atoms with Crippen LogP contribution in [0.15, 0.2) is 45.3 Å². The van der Waals surface area contributed by atoms with Gasteiger partial charge in [-0.3, -0.25) is 4.79 Å². The number of carbonyl (C=O) groups is 1. The van der Waals surface area contributed by atoms with Crippen LogP contribution in [0.2, 0.25) is 10.0 Å². The highest BCUT2D eigenvalue weighted by molar-refractivity contribution is 9.10. The molecule has 0 radical (unpaired) electrons. The molecule has 0 heterocycles. The van der Waals surface area contributed by atoms with Gasteiger partial charge in [-0.15, -0.1) is 0 Å². The molecule has 0 saturated heterocycles. The van der Waals surface area contributed by atoms with E-state index in [1.165, 1.54) is 0 Å². The van der Waals surface area contributed by atoms with E-state index >= 15 is 0 Å². The second-order valence-electron chi connectivity index (χ2n) is 3.71. The molecule has 2 rings (SSSR count). The Labute approximate surface area is 137 Å². The third-order valence-electron chi connectivity index (χ3n) is 2.36. The molecule has 0 aliphatic carbocycles. The number of hydrogen-bond donors (Lipinski definition) is 1. The quantitative estimate of drug-likeness (QED) is 0.652. The summed E-state index contributed by atoms with van der Waals surface area (Å²) < 4.78 is 1.47. The van der Waals surface area contributed by atoms with Crippen molar-refractivity contribution >= 4 is 66.7 Å². The summed E-state index contributed by atoms with van der Waals surface area (Å²) in [5.74, 6) is -0.233. The topological polar surface area (TPSA) is 29.1 Å². The first-order valence-corrected chi connectivity index (χ1v) is 7.53. The Morgan fingerprint density at radius 2 is 1.68 bits per heavy atom. The van der Waals surface area contributed by atoms with Gasteiger partial charge in [0, 0.05) is 20.2 Å². The largest absolute Gasteiger partial charge is 0.322 e. The van der Waals surface area contributed by atoms with Crippen molar-refractivity contribution in [1.29, 1.82) is 0 Å². The van der Waals surface area contributed by atoms with Gasteiger partial charge in [-0.1, -0.05) is 23.2 Å². The molecular formula is C13H7Br2Cl2NO. The Morgan fingerprint density at radius 1 is 0.947 bits per heavy atom. The van der Waals surface area contributed by atoms with Gasteiger partial charge >= 0.3 is 0 Å². The van der Waals surface area contributed by atoms with Gasteiger partial charge < -0.3 is 5.32 Å². The molecule has 1 amide bonds. The molecule has 2 aromatic rings. The van der Waals surface area contributed by atoms with Crippen molar-refractivity contribution in [1.82, 2.24) is 0 Å². The van der Waals surface area contributed by atoms with Crippen molar-refractivity contribution in [3.05, 3.63) is 61.0 Å². The first-order chi connectivity index (χ1) is 8.97. The first-order valence-electron chi connectivity index (χ1n) is 5.19. The fourth-order valence-electron chi connectivity index (χ4n) is 1.41. The summed E-state index contributed by atoms with van der Waals surface area (Å²) in [6.07, 6.45) is 0. The average molecular weight is 424 g/mol. The minimum absolute atomic E-state index is 0.233. The number of carbonyl (C=O) groups excluding carboxylic acids is 1. The third kappa shape index (κ3) is 3.72. The normalized spacial score (nSPS) is 10.3. The standard InChI is InChI=1S/C13H7Br2Cl2NO/c14-9-3-1-7(5-12(9)17)13(19)18-8-2-4-11(16)10(15)6-8/h1-6H,(H,18,19). The lowest BCUT2D eigenvalue weighted by Crippen LogP contribution is -2.11. The van der Waals surface area contributed by atoms with Gasteiger partial charge in [0.05, 0.1) is 10.0 Å².